The first-order valence-corrected chi connectivity index (χ1v) is 6.79. The maximum atomic E-state index is 11.8. The number of ether oxygens (including phenoxy) is 1. The van der Waals surface area contributed by atoms with Crippen molar-refractivity contribution in [1.82, 2.24) is 5.32 Å². The smallest absolute Gasteiger partial charge is 0.407 e. The molecule has 0 aromatic rings. The molecule has 0 aliphatic heterocycles. The Hall–Kier alpha value is -1.03. The van der Waals surface area contributed by atoms with Crippen molar-refractivity contribution in [2.75, 3.05) is 0 Å². The zero-order valence-corrected chi connectivity index (χ0v) is 13.1. The lowest BCUT2D eigenvalue weighted by molar-refractivity contribution is 0.0438. The zero-order chi connectivity index (χ0) is 15.3. The predicted octanol–water partition coefficient (Wildman–Crippen LogP) is 3.25. The highest BCUT2D eigenvalue weighted by molar-refractivity contribution is 5.68. The Morgan fingerprint density at radius 1 is 1.37 bits per heavy atom. The van der Waals surface area contributed by atoms with Crippen molar-refractivity contribution < 1.29 is 14.6 Å². The first-order chi connectivity index (χ1) is 8.44. The first kappa shape index (κ1) is 18.0. The van der Waals surface area contributed by atoms with Gasteiger partial charge in [-0.15, -0.1) is 6.58 Å². The average molecular weight is 271 g/mol. The largest absolute Gasteiger partial charge is 0.444 e. The molecule has 2 atom stereocenters. The lowest BCUT2D eigenvalue weighted by Gasteiger charge is -2.28. The molecule has 0 fully saturated rings. The molecule has 0 aliphatic carbocycles. The van der Waals surface area contributed by atoms with Crippen LogP contribution in [0, 0.1) is 5.92 Å². The van der Waals surface area contributed by atoms with Crippen molar-refractivity contribution in [3.63, 3.8) is 0 Å². The summed E-state index contributed by atoms with van der Waals surface area (Å²) < 4.78 is 5.25. The number of hydrogen-bond acceptors (Lipinski definition) is 3. The Balaban J connectivity index is 4.52. The average Bonchev–Trinajstić information content (AvgIpc) is 2.19. The van der Waals surface area contributed by atoms with Gasteiger partial charge < -0.3 is 15.2 Å². The van der Waals surface area contributed by atoms with Gasteiger partial charge in [-0.05, 0) is 53.4 Å². The predicted molar refractivity (Wildman–Crippen MR) is 78.1 cm³/mol. The van der Waals surface area contributed by atoms with Crippen LogP contribution < -0.4 is 5.32 Å². The van der Waals surface area contributed by atoms with Crippen molar-refractivity contribution in [3.8, 4) is 0 Å². The SMILES string of the molecule is C=C[C@@H](C)[C@H](CCC(C)(C)O)NC(=O)OC(C)(C)C. The van der Waals surface area contributed by atoms with Gasteiger partial charge in [0.15, 0.2) is 0 Å². The summed E-state index contributed by atoms with van der Waals surface area (Å²) >= 11 is 0. The van der Waals surface area contributed by atoms with E-state index in [-0.39, 0.29) is 12.0 Å². The summed E-state index contributed by atoms with van der Waals surface area (Å²) in [4.78, 5) is 11.8. The minimum atomic E-state index is -0.741. The van der Waals surface area contributed by atoms with Crippen LogP contribution >= 0.6 is 0 Å². The van der Waals surface area contributed by atoms with Gasteiger partial charge in [0, 0.05) is 6.04 Å². The third-order valence-electron chi connectivity index (χ3n) is 2.78. The summed E-state index contributed by atoms with van der Waals surface area (Å²) in [6.07, 6.45) is 2.65. The molecule has 19 heavy (non-hydrogen) atoms. The van der Waals surface area contributed by atoms with Gasteiger partial charge in [0.2, 0.25) is 0 Å². The number of aliphatic hydroxyl groups is 1. The minimum Gasteiger partial charge on any atom is -0.444 e. The van der Waals surface area contributed by atoms with Gasteiger partial charge in [-0.2, -0.15) is 0 Å². The molecule has 4 heteroatoms. The highest BCUT2D eigenvalue weighted by Crippen LogP contribution is 2.18. The summed E-state index contributed by atoms with van der Waals surface area (Å²) in [5.74, 6) is 0.120. The van der Waals surface area contributed by atoms with Gasteiger partial charge >= 0.3 is 6.09 Å². The Bertz CT molecular complexity index is 299. The number of carbonyl (C=O) groups is 1. The lowest BCUT2D eigenvalue weighted by atomic mass is 9.92. The molecular formula is C15H29NO3. The van der Waals surface area contributed by atoms with Gasteiger partial charge in [-0.25, -0.2) is 4.79 Å². The quantitative estimate of drug-likeness (QED) is 0.729. The van der Waals surface area contributed by atoms with Gasteiger partial charge in [0.1, 0.15) is 5.60 Å². The van der Waals surface area contributed by atoms with Crippen molar-refractivity contribution >= 4 is 6.09 Å². The number of alkyl carbamates (subject to hydrolysis) is 1. The number of rotatable bonds is 6. The molecule has 0 radical (unpaired) electrons. The van der Waals surface area contributed by atoms with Crippen molar-refractivity contribution in [2.24, 2.45) is 5.92 Å². The molecule has 0 spiro atoms. The van der Waals surface area contributed by atoms with Gasteiger partial charge in [0.05, 0.1) is 5.60 Å². The molecule has 0 saturated carbocycles. The third-order valence-corrected chi connectivity index (χ3v) is 2.78. The van der Waals surface area contributed by atoms with Crippen molar-refractivity contribution in [2.45, 2.75) is 71.6 Å². The number of amides is 1. The highest BCUT2D eigenvalue weighted by Gasteiger charge is 2.24. The van der Waals surface area contributed by atoms with Crippen LogP contribution in [0.1, 0.15) is 54.4 Å². The Morgan fingerprint density at radius 2 is 1.89 bits per heavy atom. The maximum absolute atomic E-state index is 11.8. The molecule has 0 heterocycles. The fraction of sp³-hybridized carbons (Fsp3) is 0.800. The van der Waals surface area contributed by atoms with Crippen LogP contribution in [0.4, 0.5) is 4.79 Å². The summed E-state index contributed by atoms with van der Waals surface area (Å²) in [5, 5.41) is 12.6. The van der Waals surface area contributed by atoms with E-state index in [9.17, 15) is 9.90 Å². The van der Waals surface area contributed by atoms with E-state index in [2.05, 4.69) is 11.9 Å². The topological polar surface area (TPSA) is 58.6 Å². The lowest BCUT2D eigenvalue weighted by Crippen LogP contribution is -2.42. The molecular weight excluding hydrogens is 242 g/mol. The summed E-state index contributed by atoms with van der Waals surface area (Å²) in [5.41, 5.74) is -1.25. The molecule has 112 valence electrons. The van der Waals surface area contributed by atoms with E-state index in [1.54, 1.807) is 19.9 Å². The molecule has 4 nitrogen and oxygen atoms in total. The summed E-state index contributed by atoms with van der Waals surface area (Å²) in [7, 11) is 0. The van der Waals surface area contributed by atoms with Gasteiger partial charge in [0.25, 0.3) is 0 Å². The van der Waals surface area contributed by atoms with Crippen LogP contribution in [-0.4, -0.2) is 28.4 Å². The minimum absolute atomic E-state index is 0.0845. The van der Waals surface area contributed by atoms with Crippen LogP contribution in [0.2, 0.25) is 0 Å². The second-order valence-corrected chi connectivity index (χ2v) is 6.70. The number of carbonyl (C=O) groups excluding carboxylic acids is 1. The van der Waals surface area contributed by atoms with E-state index in [1.165, 1.54) is 0 Å². The molecule has 0 unspecified atom stereocenters. The second kappa shape index (κ2) is 6.94. The number of nitrogens with one attached hydrogen (secondary N) is 1. The van der Waals surface area contributed by atoms with Crippen LogP contribution in [-0.2, 0) is 4.74 Å². The van der Waals surface area contributed by atoms with Gasteiger partial charge in [-0.1, -0.05) is 13.0 Å². The van der Waals surface area contributed by atoms with Gasteiger partial charge in [-0.3, -0.25) is 0 Å². The van der Waals surface area contributed by atoms with Crippen LogP contribution in [0.25, 0.3) is 0 Å². The standard InChI is InChI=1S/C15H29NO3/c1-8-11(2)12(9-10-15(6,7)18)16-13(17)19-14(3,4)5/h8,11-12,18H,1,9-10H2,2-7H3,(H,16,17)/t11-,12+/m1/s1. The molecule has 0 aromatic heterocycles. The molecule has 0 rings (SSSR count). The summed E-state index contributed by atoms with van der Waals surface area (Å²) in [6.45, 7) is 14.7. The first-order valence-electron chi connectivity index (χ1n) is 6.79. The van der Waals surface area contributed by atoms with Crippen LogP contribution in [0.3, 0.4) is 0 Å². The van der Waals surface area contributed by atoms with Crippen LogP contribution in [0.15, 0.2) is 12.7 Å². The highest BCUT2D eigenvalue weighted by atomic mass is 16.6. The fourth-order valence-electron chi connectivity index (χ4n) is 1.60. The molecule has 1 amide bonds. The van der Waals surface area contributed by atoms with E-state index in [1.807, 2.05) is 27.7 Å². The molecule has 2 N–H and O–H groups in total. The van der Waals surface area contributed by atoms with E-state index in [0.29, 0.717) is 12.8 Å². The normalized spacial score (nSPS) is 15.5. The maximum Gasteiger partial charge on any atom is 0.407 e. The van der Waals surface area contributed by atoms with Crippen molar-refractivity contribution in [1.29, 1.82) is 0 Å². The Kier molecular flexibility index (Phi) is 6.57. The summed E-state index contributed by atoms with van der Waals surface area (Å²) in [6, 6.07) is -0.0845. The molecule has 0 bridgehead atoms. The number of hydrogen-bond donors (Lipinski definition) is 2. The van der Waals surface area contributed by atoms with E-state index >= 15 is 0 Å². The molecule has 0 aliphatic rings. The molecule has 0 aromatic carbocycles. The Morgan fingerprint density at radius 3 is 2.26 bits per heavy atom. The fourth-order valence-corrected chi connectivity index (χ4v) is 1.60. The van der Waals surface area contributed by atoms with E-state index < -0.39 is 17.3 Å². The van der Waals surface area contributed by atoms with Crippen LogP contribution in [0.5, 0.6) is 0 Å². The molecule has 0 saturated heterocycles. The third kappa shape index (κ3) is 9.54. The zero-order valence-electron chi connectivity index (χ0n) is 13.1. The monoisotopic (exact) mass is 271 g/mol. The second-order valence-electron chi connectivity index (χ2n) is 6.70. The van der Waals surface area contributed by atoms with Crippen molar-refractivity contribution in [3.05, 3.63) is 12.7 Å². The van der Waals surface area contributed by atoms with E-state index in [0.717, 1.165) is 0 Å². The Labute approximate surface area is 117 Å². The van der Waals surface area contributed by atoms with E-state index in [4.69, 9.17) is 4.74 Å².